The smallest absolute Gasteiger partial charge is 0.376 e. The van der Waals surface area contributed by atoms with Crippen molar-refractivity contribution in [2.45, 2.75) is 5.51 Å². The summed E-state index contributed by atoms with van der Waals surface area (Å²) in [5, 5.41) is 0. The fourth-order valence-corrected chi connectivity index (χ4v) is 1.74. The highest BCUT2D eigenvalue weighted by Crippen LogP contribution is 2.27. The highest BCUT2D eigenvalue weighted by Gasteiger charge is 2.48. The second-order valence-electron chi connectivity index (χ2n) is 3.58. The van der Waals surface area contributed by atoms with Gasteiger partial charge in [0.1, 0.15) is 5.75 Å². The van der Waals surface area contributed by atoms with Crippen molar-refractivity contribution in [3.63, 3.8) is 0 Å². The lowest BCUT2D eigenvalue weighted by molar-refractivity contribution is -0.0500. The maximum atomic E-state index is 12.1. The van der Waals surface area contributed by atoms with Gasteiger partial charge in [0.15, 0.2) is 5.82 Å². The molecule has 0 atom stereocenters. The molecule has 1 aromatic heterocycles. The van der Waals surface area contributed by atoms with Gasteiger partial charge in [0, 0.05) is 18.0 Å². The summed E-state index contributed by atoms with van der Waals surface area (Å²) in [6, 6.07) is 6.51. The normalized spacial score (nSPS) is 12.2. The van der Waals surface area contributed by atoms with E-state index in [1.807, 2.05) is 0 Å². The first-order chi connectivity index (χ1) is 9.29. The molecule has 106 valence electrons. The largest absolute Gasteiger partial charge is 0.534 e. The van der Waals surface area contributed by atoms with Crippen molar-refractivity contribution < 1.29 is 25.8 Å². The van der Waals surface area contributed by atoms with E-state index in [4.69, 9.17) is 0 Å². The standard InChI is InChI=1S/C11H7F3N2O3S/c12-11(13,14)20(17,18)19-9-4-2-8(3-5-9)10-15-6-1-7-16-10/h1-7H. The molecule has 0 aliphatic heterocycles. The summed E-state index contributed by atoms with van der Waals surface area (Å²) in [7, 11) is -5.66. The predicted octanol–water partition coefficient (Wildman–Crippen LogP) is 2.37. The molecule has 0 radical (unpaired) electrons. The van der Waals surface area contributed by atoms with Crippen LogP contribution in [-0.4, -0.2) is 23.9 Å². The van der Waals surface area contributed by atoms with Gasteiger partial charge in [0.05, 0.1) is 0 Å². The fourth-order valence-electron chi connectivity index (χ4n) is 1.28. The first kappa shape index (κ1) is 14.3. The minimum atomic E-state index is -5.66. The topological polar surface area (TPSA) is 69.2 Å². The Bertz CT molecular complexity index is 685. The number of hydrogen-bond acceptors (Lipinski definition) is 5. The van der Waals surface area contributed by atoms with E-state index in [0.717, 1.165) is 12.1 Å². The van der Waals surface area contributed by atoms with Crippen LogP contribution < -0.4 is 4.18 Å². The van der Waals surface area contributed by atoms with E-state index in [0.29, 0.717) is 11.4 Å². The third kappa shape index (κ3) is 3.05. The minimum Gasteiger partial charge on any atom is -0.376 e. The molecule has 0 bridgehead atoms. The third-order valence-electron chi connectivity index (χ3n) is 2.17. The molecule has 0 spiro atoms. The van der Waals surface area contributed by atoms with E-state index < -0.39 is 21.4 Å². The average molecular weight is 304 g/mol. The zero-order valence-electron chi connectivity index (χ0n) is 9.70. The van der Waals surface area contributed by atoms with Gasteiger partial charge < -0.3 is 4.18 Å². The number of nitrogens with zero attached hydrogens (tertiary/aromatic N) is 2. The SMILES string of the molecule is O=S(=O)(Oc1ccc(-c2ncccn2)cc1)C(F)(F)F. The van der Waals surface area contributed by atoms with Crippen LogP contribution in [0.2, 0.25) is 0 Å². The molecule has 0 amide bonds. The summed E-state index contributed by atoms with van der Waals surface area (Å²) >= 11 is 0. The van der Waals surface area contributed by atoms with E-state index in [2.05, 4.69) is 14.2 Å². The molecule has 1 heterocycles. The van der Waals surface area contributed by atoms with Gasteiger partial charge >= 0.3 is 15.6 Å². The molecular formula is C11H7F3N2O3S. The molecule has 20 heavy (non-hydrogen) atoms. The molecule has 5 nitrogen and oxygen atoms in total. The molecule has 0 unspecified atom stereocenters. The Labute approximate surface area is 112 Å². The Hall–Kier alpha value is -2.16. The second kappa shape index (κ2) is 5.08. The van der Waals surface area contributed by atoms with Crippen molar-refractivity contribution in [1.29, 1.82) is 0 Å². The van der Waals surface area contributed by atoms with Gasteiger partial charge in [-0.05, 0) is 30.3 Å². The highest BCUT2D eigenvalue weighted by molar-refractivity contribution is 7.87. The van der Waals surface area contributed by atoms with Gasteiger partial charge in [-0.25, -0.2) is 9.97 Å². The predicted molar refractivity (Wildman–Crippen MR) is 63.1 cm³/mol. The van der Waals surface area contributed by atoms with Gasteiger partial charge in [-0.3, -0.25) is 0 Å². The van der Waals surface area contributed by atoms with Crippen LogP contribution in [0.5, 0.6) is 5.75 Å². The Morgan fingerprint density at radius 3 is 2.05 bits per heavy atom. The summed E-state index contributed by atoms with van der Waals surface area (Å²) < 4.78 is 62.0. The first-order valence-electron chi connectivity index (χ1n) is 5.18. The number of hydrogen-bond donors (Lipinski definition) is 0. The molecule has 0 fully saturated rings. The lowest BCUT2D eigenvalue weighted by Gasteiger charge is -2.09. The maximum Gasteiger partial charge on any atom is 0.534 e. The first-order valence-corrected chi connectivity index (χ1v) is 6.59. The van der Waals surface area contributed by atoms with Crippen molar-refractivity contribution in [3.05, 3.63) is 42.7 Å². The van der Waals surface area contributed by atoms with E-state index in [1.165, 1.54) is 24.5 Å². The lowest BCUT2D eigenvalue weighted by Crippen LogP contribution is -2.28. The quantitative estimate of drug-likeness (QED) is 0.643. The highest BCUT2D eigenvalue weighted by atomic mass is 32.2. The molecular weight excluding hydrogens is 297 g/mol. The summed E-state index contributed by atoms with van der Waals surface area (Å²) in [5.41, 5.74) is -4.95. The van der Waals surface area contributed by atoms with Crippen LogP contribution in [0.4, 0.5) is 13.2 Å². The van der Waals surface area contributed by atoms with Crippen LogP contribution >= 0.6 is 0 Å². The summed E-state index contributed by atoms with van der Waals surface area (Å²) in [5.74, 6) is -0.0836. The van der Waals surface area contributed by atoms with Gasteiger partial charge in [-0.15, -0.1) is 0 Å². The van der Waals surface area contributed by atoms with Gasteiger partial charge in [-0.1, -0.05) is 0 Å². The Balaban J connectivity index is 2.22. The molecule has 0 aliphatic rings. The van der Waals surface area contributed by atoms with Crippen LogP contribution in [0.15, 0.2) is 42.7 Å². The van der Waals surface area contributed by atoms with E-state index >= 15 is 0 Å². The molecule has 9 heteroatoms. The number of alkyl halides is 3. The summed E-state index contributed by atoms with van der Waals surface area (Å²) in [4.78, 5) is 7.88. The molecule has 0 saturated carbocycles. The summed E-state index contributed by atoms with van der Waals surface area (Å²) in [6.45, 7) is 0. The van der Waals surface area contributed by atoms with Gasteiger partial charge in [-0.2, -0.15) is 21.6 Å². The molecule has 2 aromatic rings. The van der Waals surface area contributed by atoms with Crippen LogP contribution in [0.25, 0.3) is 11.4 Å². The van der Waals surface area contributed by atoms with Crippen molar-refractivity contribution in [2.75, 3.05) is 0 Å². The van der Waals surface area contributed by atoms with Crippen LogP contribution in [0.1, 0.15) is 0 Å². The lowest BCUT2D eigenvalue weighted by atomic mass is 10.2. The second-order valence-corrected chi connectivity index (χ2v) is 5.12. The van der Waals surface area contributed by atoms with Crippen molar-refractivity contribution >= 4 is 10.1 Å². The molecule has 1 aromatic carbocycles. The monoisotopic (exact) mass is 304 g/mol. The Kier molecular flexibility index (Phi) is 3.62. The number of aromatic nitrogens is 2. The van der Waals surface area contributed by atoms with E-state index in [1.54, 1.807) is 6.07 Å². The number of halogens is 3. The fraction of sp³-hybridized carbons (Fsp3) is 0.0909. The molecule has 0 aliphatic carbocycles. The number of benzene rings is 1. The van der Waals surface area contributed by atoms with Crippen molar-refractivity contribution in [1.82, 2.24) is 9.97 Å². The van der Waals surface area contributed by atoms with Crippen LogP contribution in [-0.2, 0) is 10.1 Å². The van der Waals surface area contributed by atoms with Crippen molar-refractivity contribution in [2.24, 2.45) is 0 Å². The molecule has 0 N–H and O–H groups in total. The van der Waals surface area contributed by atoms with Gasteiger partial charge in [0.25, 0.3) is 0 Å². The zero-order chi connectivity index (χ0) is 14.8. The average Bonchev–Trinajstić information content (AvgIpc) is 2.39. The third-order valence-corrected chi connectivity index (χ3v) is 3.15. The van der Waals surface area contributed by atoms with Gasteiger partial charge in [0.2, 0.25) is 0 Å². The minimum absolute atomic E-state index is 0.359. The molecule has 0 saturated heterocycles. The van der Waals surface area contributed by atoms with E-state index in [-0.39, 0.29) is 0 Å². The van der Waals surface area contributed by atoms with Crippen molar-refractivity contribution in [3.8, 4) is 17.1 Å². The van der Waals surface area contributed by atoms with Crippen LogP contribution in [0.3, 0.4) is 0 Å². The summed E-state index contributed by atoms with van der Waals surface area (Å²) in [6.07, 6.45) is 3.00. The molecule has 2 rings (SSSR count). The Morgan fingerprint density at radius 1 is 1.00 bits per heavy atom. The Morgan fingerprint density at radius 2 is 1.55 bits per heavy atom. The van der Waals surface area contributed by atoms with E-state index in [9.17, 15) is 21.6 Å². The number of rotatable bonds is 3. The van der Waals surface area contributed by atoms with Crippen LogP contribution in [0, 0.1) is 0 Å². The zero-order valence-corrected chi connectivity index (χ0v) is 10.5. The maximum absolute atomic E-state index is 12.1.